The Morgan fingerprint density at radius 2 is 1.93 bits per heavy atom. The number of hydrogen-bond donors (Lipinski definition) is 2. The van der Waals surface area contributed by atoms with Gasteiger partial charge in [0.15, 0.2) is 5.96 Å². The average molecular weight is 490 g/mol. The second kappa shape index (κ2) is 13.2. The Morgan fingerprint density at radius 1 is 1.19 bits per heavy atom. The fourth-order valence-corrected chi connectivity index (χ4v) is 3.08. The molecule has 1 saturated carbocycles. The van der Waals surface area contributed by atoms with E-state index in [0.717, 1.165) is 57.0 Å². The van der Waals surface area contributed by atoms with Gasteiger partial charge in [0.1, 0.15) is 5.75 Å². The molecule has 0 unspecified atom stereocenters. The minimum atomic E-state index is 0. The fraction of sp³-hybridized carbons (Fsp3) is 0.650. The van der Waals surface area contributed by atoms with Crippen molar-refractivity contribution in [2.75, 3.05) is 54.1 Å². The van der Waals surface area contributed by atoms with Crippen LogP contribution in [0.15, 0.2) is 23.2 Å². The lowest BCUT2D eigenvalue weighted by Crippen LogP contribution is -2.43. The molecule has 0 atom stereocenters. The van der Waals surface area contributed by atoms with Crippen molar-refractivity contribution in [2.24, 2.45) is 4.99 Å². The van der Waals surface area contributed by atoms with Crippen LogP contribution in [-0.2, 0) is 11.2 Å². The minimum Gasteiger partial charge on any atom is -0.496 e. The van der Waals surface area contributed by atoms with Crippen molar-refractivity contribution in [3.05, 3.63) is 29.3 Å². The highest BCUT2D eigenvalue weighted by atomic mass is 127. The van der Waals surface area contributed by atoms with Crippen LogP contribution in [0.25, 0.3) is 0 Å². The standard InChI is InChI=1S/C20H34N4O2.HI/c1-16-5-8-19(26-4)17(15-16)9-10-22-20(21-2)23-11-12-24(13-14-25-3)18-6-7-18;/h5,8,15,18H,6-7,9-14H2,1-4H3,(H2,21,22,23);1H. The zero-order valence-electron chi connectivity index (χ0n) is 17.1. The molecule has 0 spiro atoms. The highest BCUT2D eigenvalue weighted by Gasteiger charge is 2.28. The van der Waals surface area contributed by atoms with Crippen LogP contribution < -0.4 is 15.4 Å². The van der Waals surface area contributed by atoms with E-state index in [9.17, 15) is 0 Å². The Hall–Kier alpha value is -1.06. The van der Waals surface area contributed by atoms with Crippen LogP contribution in [0, 0.1) is 6.92 Å². The van der Waals surface area contributed by atoms with Crippen molar-refractivity contribution < 1.29 is 9.47 Å². The first kappa shape index (κ1) is 24.0. The Kier molecular flexibility index (Phi) is 11.7. The van der Waals surface area contributed by atoms with Crippen molar-refractivity contribution >= 4 is 29.9 Å². The number of methoxy groups -OCH3 is 2. The van der Waals surface area contributed by atoms with Crippen LogP contribution >= 0.6 is 24.0 Å². The molecule has 6 nitrogen and oxygen atoms in total. The summed E-state index contributed by atoms with van der Waals surface area (Å²) in [6.07, 6.45) is 3.53. The van der Waals surface area contributed by atoms with Gasteiger partial charge in [0.05, 0.1) is 13.7 Å². The molecular weight excluding hydrogens is 455 g/mol. The third-order valence-corrected chi connectivity index (χ3v) is 4.68. The number of ether oxygens (including phenoxy) is 2. The average Bonchev–Trinajstić information content (AvgIpc) is 3.48. The van der Waals surface area contributed by atoms with Gasteiger partial charge in [0, 0.05) is 46.4 Å². The summed E-state index contributed by atoms with van der Waals surface area (Å²) in [5, 5.41) is 6.80. The molecule has 1 aliphatic rings. The van der Waals surface area contributed by atoms with E-state index in [-0.39, 0.29) is 24.0 Å². The summed E-state index contributed by atoms with van der Waals surface area (Å²) in [5.74, 6) is 1.79. The topological polar surface area (TPSA) is 58.1 Å². The summed E-state index contributed by atoms with van der Waals surface area (Å²) < 4.78 is 10.7. The molecule has 0 heterocycles. The lowest BCUT2D eigenvalue weighted by Gasteiger charge is -2.22. The molecule has 2 N–H and O–H groups in total. The number of aryl methyl sites for hydroxylation is 1. The molecule has 0 amide bonds. The molecule has 7 heteroatoms. The number of guanidine groups is 1. The van der Waals surface area contributed by atoms with Crippen LogP contribution in [0.4, 0.5) is 0 Å². The van der Waals surface area contributed by atoms with Gasteiger partial charge in [-0.1, -0.05) is 17.7 Å². The van der Waals surface area contributed by atoms with Gasteiger partial charge >= 0.3 is 0 Å². The van der Waals surface area contributed by atoms with Gasteiger partial charge in [0.2, 0.25) is 0 Å². The SMILES string of the molecule is CN=C(NCCc1cc(C)ccc1OC)NCCN(CCOC)C1CC1.I. The third kappa shape index (κ3) is 8.66. The maximum absolute atomic E-state index is 5.45. The molecule has 1 aromatic carbocycles. The quantitative estimate of drug-likeness (QED) is 0.284. The highest BCUT2D eigenvalue weighted by molar-refractivity contribution is 14.0. The van der Waals surface area contributed by atoms with E-state index in [0.29, 0.717) is 0 Å². The van der Waals surface area contributed by atoms with E-state index in [4.69, 9.17) is 9.47 Å². The van der Waals surface area contributed by atoms with Crippen LogP contribution in [0.5, 0.6) is 5.75 Å². The lowest BCUT2D eigenvalue weighted by molar-refractivity contribution is 0.144. The normalized spacial score (nSPS) is 14.0. The maximum Gasteiger partial charge on any atom is 0.191 e. The van der Waals surface area contributed by atoms with Gasteiger partial charge in [0.25, 0.3) is 0 Å². The zero-order chi connectivity index (χ0) is 18.8. The molecule has 0 aromatic heterocycles. The van der Waals surface area contributed by atoms with E-state index >= 15 is 0 Å². The molecule has 0 radical (unpaired) electrons. The van der Waals surface area contributed by atoms with E-state index in [2.05, 4.69) is 39.6 Å². The number of hydrogen-bond acceptors (Lipinski definition) is 4. The smallest absolute Gasteiger partial charge is 0.191 e. The first-order valence-corrected chi connectivity index (χ1v) is 9.49. The predicted molar refractivity (Wildman–Crippen MR) is 123 cm³/mol. The van der Waals surface area contributed by atoms with Crippen molar-refractivity contribution in [1.82, 2.24) is 15.5 Å². The number of benzene rings is 1. The lowest BCUT2D eigenvalue weighted by atomic mass is 10.1. The van der Waals surface area contributed by atoms with Crippen LogP contribution in [-0.4, -0.2) is 71.0 Å². The summed E-state index contributed by atoms with van der Waals surface area (Å²) in [6, 6.07) is 7.03. The number of halogens is 1. The van der Waals surface area contributed by atoms with E-state index in [1.165, 1.54) is 24.0 Å². The van der Waals surface area contributed by atoms with Crippen molar-refractivity contribution in [3.8, 4) is 5.75 Å². The van der Waals surface area contributed by atoms with Crippen molar-refractivity contribution in [1.29, 1.82) is 0 Å². The van der Waals surface area contributed by atoms with Gasteiger partial charge in [-0.05, 0) is 37.8 Å². The molecule has 0 saturated heterocycles. The van der Waals surface area contributed by atoms with Crippen molar-refractivity contribution in [3.63, 3.8) is 0 Å². The molecule has 1 aromatic rings. The van der Waals surface area contributed by atoms with Crippen LogP contribution in [0.2, 0.25) is 0 Å². The van der Waals surface area contributed by atoms with Crippen molar-refractivity contribution in [2.45, 2.75) is 32.2 Å². The van der Waals surface area contributed by atoms with Gasteiger partial charge in [-0.2, -0.15) is 0 Å². The summed E-state index contributed by atoms with van der Waals surface area (Å²) >= 11 is 0. The first-order valence-electron chi connectivity index (χ1n) is 9.49. The minimum absolute atomic E-state index is 0. The van der Waals surface area contributed by atoms with Crippen LogP contribution in [0.3, 0.4) is 0 Å². The molecule has 2 rings (SSSR count). The maximum atomic E-state index is 5.45. The molecule has 0 bridgehead atoms. The second-order valence-electron chi connectivity index (χ2n) is 6.75. The highest BCUT2D eigenvalue weighted by Crippen LogP contribution is 2.26. The molecule has 1 aliphatic carbocycles. The molecule has 0 aliphatic heterocycles. The van der Waals surface area contributed by atoms with Gasteiger partial charge < -0.3 is 20.1 Å². The Bertz CT molecular complexity index is 579. The van der Waals surface area contributed by atoms with Gasteiger partial charge in [-0.25, -0.2) is 0 Å². The zero-order valence-corrected chi connectivity index (χ0v) is 19.4. The summed E-state index contributed by atoms with van der Waals surface area (Å²) in [7, 11) is 5.29. The molecular formula is C20H35IN4O2. The largest absolute Gasteiger partial charge is 0.496 e. The summed E-state index contributed by atoms with van der Waals surface area (Å²) in [5.41, 5.74) is 2.47. The second-order valence-corrected chi connectivity index (χ2v) is 6.75. The molecule has 154 valence electrons. The van der Waals surface area contributed by atoms with Gasteiger partial charge in [-0.15, -0.1) is 24.0 Å². The summed E-state index contributed by atoms with van der Waals surface area (Å²) in [6.45, 7) is 6.61. The summed E-state index contributed by atoms with van der Waals surface area (Å²) in [4.78, 5) is 6.82. The fourth-order valence-electron chi connectivity index (χ4n) is 3.08. The molecule has 1 fully saturated rings. The van der Waals surface area contributed by atoms with E-state index in [1.54, 1.807) is 14.2 Å². The number of rotatable bonds is 11. The van der Waals surface area contributed by atoms with Gasteiger partial charge in [-0.3, -0.25) is 9.89 Å². The Labute approximate surface area is 181 Å². The van der Waals surface area contributed by atoms with E-state index < -0.39 is 0 Å². The predicted octanol–water partition coefficient (Wildman–Crippen LogP) is 2.44. The van der Waals surface area contributed by atoms with E-state index in [1.807, 2.05) is 13.1 Å². The number of aliphatic imine (C=N–C) groups is 1. The molecule has 27 heavy (non-hydrogen) atoms. The Morgan fingerprint density at radius 3 is 2.56 bits per heavy atom. The third-order valence-electron chi connectivity index (χ3n) is 4.68. The van der Waals surface area contributed by atoms with Crippen LogP contribution in [0.1, 0.15) is 24.0 Å². The monoisotopic (exact) mass is 490 g/mol. The number of nitrogens with one attached hydrogen (secondary N) is 2. The first-order chi connectivity index (χ1) is 12.7. The number of nitrogens with zero attached hydrogens (tertiary/aromatic N) is 2. The Balaban J connectivity index is 0.00000364.